The van der Waals surface area contributed by atoms with Crippen molar-refractivity contribution in [3.05, 3.63) is 11.8 Å². The van der Waals surface area contributed by atoms with Crippen molar-refractivity contribution >= 4 is 5.97 Å². The maximum atomic E-state index is 10.5. The van der Waals surface area contributed by atoms with E-state index >= 15 is 0 Å². The summed E-state index contributed by atoms with van der Waals surface area (Å²) in [6.45, 7) is 0. The molecule has 0 fully saturated rings. The van der Waals surface area contributed by atoms with E-state index in [1.807, 2.05) is 13.1 Å². The molecule has 3 heteroatoms. The van der Waals surface area contributed by atoms with Crippen LogP contribution in [0.15, 0.2) is 11.8 Å². The van der Waals surface area contributed by atoms with Gasteiger partial charge in [-0.2, -0.15) is 0 Å². The zero-order chi connectivity index (χ0) is 8.27. The van der Waals surface area contributed by atoms with Crippen molar-refractivity contribution in [3.8, 4) is 0 Å². The molecule has 1 rings (SSSR count). The molecule has 0 aliphatic heterocycles. The Morgan fingerprint density at radius 1 is 1.82 bits per heavy atom. The number of allylic oxidation sites excluding steroid dienone is 2. The SMILES string of the molecule is CNC1=CCC(C(=O)O)CC1. The van der Waals surface area contributed by atoms with E-state index in [0.717, 1.165) is 12.8 Å². The van der Waals surface area contributed by atoms with Crippen LogP contribution in [0.5, 0.6) is 0 Å². The lowest BCUT2D eigenvalue weighted by molar-refractivity contribution is -0.141. The Hall–Kier alpha value is -0.990. The molecule has 0 bridgehead atoms. The highest BCUT2D eigenvalue weighted by Gasteiger charge is 2.19. The number of carboxylic acid groups (broad SMARTS) is 1. The van der Waals surface area contributed by atoms with Gasteiger partial charge in [-0.1, -0.05) is 6.08 Å². The van der Waals surface area contributed by atoms with E-state index in [2.05, 4.69) is 5.32 Å². The first-order valence-corrected chi connectivity index (χ1v) is 3.83. The highest BCUT2D eigenvalue weighted by Crippen LogP contribution is 2.21. The Bertz CT molecular complexity index is 187. The Morgan fingerprint density at radius 3 is 2.91 bits per heavy atom. The van der Waals surface area contributed by atoms with Crippen LogP contribution >= 0.6 is 0 Å². The Balaban J connectivity index is 2.47. The van der Waals surface area contributed by atoms with Gasteiger partial charge < -0.3 is 10.4 Å². The Kier molecular flexibility index (Phi) is 2.52. The Morgan fingerprint density at radius 2 is 2.55 bits per heavy atom. The molecule has 0 saturated carbocycles. The van der Waals surface area contributed by atoms with Crippen molar-refractivity contribution in [2.75, 3.05) is 7.05 Å². The molecule has 0 radical (unpaired) electrons. The van der Waals surface area contributed by atoms with Gasteiger partial charge in [0.15, 0.2) is 0 Å². The summed E-state index contributed by atoms with van der Waals surface area (Å²) in [5.74, 6) is -0.830. The van der Waals surface area contributed by atoms with E-state index < -0.39 is 5.97 Å². The molecule has 0 heterocycles. The fourth-order valence-electron chi connectivity index (χ4n) is 1.29. The second-order valence-corrected chi connectivity index (χ2v) is 2.79. The van der Waals surface area contributed by atoms with Crippen molar-refractivity contribution in [3.63, 3.8) is 0 Å². The number of carbonyl (C=O) groups is 1. The van der Waals surface area contributed by atoms with E-state index in [4.69, 9.17) is 5.11 Å². The summed E-state index contributed by atoms with van der Waals surface area (Å²) in [4.78, 5) is 10.5. The molecule has 0 aromatic rings. The van der Waals surface area contributed by atoms with Crippen LogP contribution in [-0.2, 0) is 4.79 Å². The molecule has 0 saturated heterocycles. The molecule has 0 aromatic carbocycles. The molecule has 3 nitrogen and oxygen atoms in total. The van der Waals surface area contributed by atoms with Gasteiger partial charge in [-0.3, -0.25) is 4.79 Å². The van der Waals surface area contributed by atoms with Gasteiger partial charge in [-0.25, -0.2) is 0 Å². The summed E-state index contributed by atoms with van der Waals surface area (Å²) < 4.78 is 0. The predicted molar refractivity (Wildman–Crippen MR) is 42.1 cm³/mol. The second-order valence-electron chi connectivity index (χ2n) is 2.79. The first-order chi connectivity index (χ1) is 5.24. The van der Waals surface area contributed by atoms with E-state index in [1.54, 1.807) is 0 Å². The zero-order valence-corrected chi connectivity index (χ0v) is 6.63. The van der Waals surface area contributed by atoms with Crippen molar-refractivity contribution in [1.82, 2.24) is 5.32 Å². The van der Waals surface area contributed by atoms with Crippen molar-refractivity contribution in [1.29, 1.82) is 0 Å². The molecule has 1 unspecified atom stereocenters. The minimum Gasteiger partial charge on any atom is -0.481 e. The molecule has 1 aliphatic rings. The molecule has 0 amide bonds. The van der Waals surface area contributed by atoms with Gasteiger partial charge in [0.05, 0.1) is 5.92 Å². The second kappa shape index (κ2) is 3.42. The number of aliphatic carboxylic acids is 1. The maximum absolute atomic E-state index is 10.5. The third kappa shape index (κ3) is 1.97. The summed E-state index contributed by atoms with van der Waals surface area (Å²) in [5, 5.41) is 11.7. The van der Waals surface area contributed by atoms with Gasteiger partial charge in [-0.05, 0) is 19.3 Å². The van der Waals surface area contributed by atoms with Crippen molar-refractivity contribution < 1.29 is 9.90 Å². The third-order valence-electron chi connectivity index (χ3n) is 2.08. The van der Waals surface area contributed by atoms with E-state index in [9.17, 15) is 4.79 Å². The minimum atomic E-state index is -0.670. The minimum absolute atomic E-state index is 0.160. The number of rotatable bonds is 2. The maximum Gasteiger partial charge on any atom is 0.306 e. The van der Waals surface area contributed by atoms with Gasteiger partial charge in [0.25, 0.3) is 0 Å². The summed E-state index contributed by atoms with van der Waals surface area (Å²) in [6, 6.07) is 0. The lowest BCUT2D eigenvalue weighted by Gasteiger charge is -2.17. The first kappa shape index (κ1) is 8.11. The first-order valence-electron chi connectivity index (χ1n) is 3.83. The molecule has 62 valence electrons. The van der Waals surface area contributed by atoms with Gasteiger partial charge >= 0.3 is 5.97 Å². The van der Waals surface area contributed by atoms with Crippen LogP contribution in [0.3, 0.4) is 0 Å². The molecule has 1 atom stereocenters. The zero-order valence-electron chi connectivity index (χ0n) is 6.63. The van der Waals surface area contributed by atoms with Crippen LogP contribution in [0.2, 0.25) is 0 Å². The van der Waals surface area contributed by atoms with Crippen molar-refractivity contribution in [2.24, 2.45) is 5.92 Å². The summed E-state index contributed by atoms with van der Waals surface area (Å²) in [5.41, 5.74) is 1.17. The van der Waals surface area contributed by atoms with E-state index in [-0.39, 0.29) is 5.92 Å². The van der Waals surface area contributed by atoms with Gasteiger partial charge in [0.1, 0.15) is 0 Å². The van der Waals surface area contributed by atoms with E-state index in [1.165, 1.54) is 5.70 Å². The highest BCUT2D eigenvalue weighted by atomic mass is 16.4. The normalized spacial score (nSPS) is 24.1. The van der Waals surface area contributed by atoms with Crippen LogP contribution < -0.4 is 5.32 Å². The molecular formula is C8H13NO2. The third-order valence-corrected chi connectivity index (χ3v) is 2.08. The van der Waals surface area contributed by atoms with E-state index in [0.29, 0.717) is 6.42 Å². The molecule has 11 heavy (non-hydrogen) atoms. The number of hydrogen-bond acceptors (Lipinski definition) is 2. The fraction of sp³-hybridized carbons (Fsp3) is 0.625. The molecule has 0 aromatic heterocycles. The fourth-order valence-corrected chi connectivity index (χ4v) is 1.29. The van der Waals surface area contributed by atoms with Crippen LogP contribution in [0.25, 0.3) is 0 Å². The van der Waals surface area contributed by atoms with Crippen LogP contribution in [0.1, 0.15) is 19.3 Å². The topological polar surface area (TPSA) is 49.3 Å². The standard InChI is InChI=1S/C8H13NO2/c1-9-7-4-2-6(3-5-7)8(10)11/h4,6,9H,2-3,5H2,1H3,(H,10,11). The lowest BCUT2D eigenvalue weighted by Crippen LogP contribution is -2.19. The van der Waals surface area contributed by atoms with Crippen LogP contribution in [0, 0.1) is 5.92 Å². The van der Waals surface area contributed by atoms with Gasteiger partial charge in [-0.15, -0.1) is 0 Å². The molecular weight excluding hydrogens is 142 g/mol. The molecule has 0 spiro atoms. The number of nitrogens with one attached hydrogen (secondary N) is 1. The molecule has 1 aliphatic carbocycles. The summed E-state index contributed by atoms with van der Waals surface area (Å²) >= 11 is 0. The number of hydrogen-bond donors (Lipinski definition) is 2. The lowest BCUT2D eigenvalue weighted by atomic mass is 9.93. The number of carboxylic acids is 1. The molecule has 2 N–H and O–H groups in total. The monoisotopic (exact) mass is 155 g/mol. The average molecular weight is 155 g/mol. The smallest absolute Gasteiger partial charge is 0.306 e. The summed E-state index contributed by atoms with van der Waals surface area (Å²) in [6.07, 6.45) is 4.28. The average Bonchev–Trinajstić information content (AvgIpc) is 2.05. The van der Waals surface area contributed by atoms with Crippen molar-refractivity contribution in [2.45, 2.75) is 19.3 Å². The summed E-state index contributed by atoms with van der Waals surface area (Å²) in [7, 11) is 1.87. The quantitative estimate of drug-likeness (QED) is 0.624. The van der Waals surface area contributed by atoms with Crippen LogP contribution in [-0.4, -0.2) is 18.1 Å². The van der Waals surface area contributed by atoms with Crippen LogP contribution in [0.4, 0.5) is 0 Å². The Labute approximate surface area is 66.1 Å². The highest BCUT2D eigenvalue weighted by molar-refractivity contribution is 5.70. The predicted octanol–water partition coefficient (Wildman–Crippen LogP) is 0.974. The van der Waals surface area contributed by atoms with Gasteiger partial charge in [0.2, 0.25) is 0 Å². The largest absolute Gasteiger partial charge is 0.481 e. The van der Waals surface area contributed by atoms with Gasteiger partial charge in [0, 0.05) is 12.7 Å².